The van der Waals surface area contributed by atoms with Gasteiger partial charge < -0.3 is 0 Å². The Morgan fingerprint density at radius 2 is 2.38 bits per heavy atom. The number of halogens is 1. The monoisotopic (exact) mass is 239 g/mol. The number of aromatic nitrogens is 1. The van der Waals surface area contributed by atoms with Crippen LogP contribution >= 0.6 is 15.9 Å². The number of hydrogen-bond donors (Lipinski definition) is 0. The second kappa shape index (κ2) is 4.23. The molecule has 0 aliphatic rings. The van der Waals surface area contributed by atoms with Crippen molar-refractivity contribution in [2.75, 3.05) is 0 Å². The van der Waals surface area contributed by atoms with Crippen LogP contribution in [0.1, 0.15) is 6.92 Å². The first-order valence-electron chi connectivity index (χ1n) is 3.87. The molecule has 1 aromatic heterocycles. The lowest BCUT2D eigenvalue weighted by molar-refractivity contribution is 1.01. The highest BCUT2D eigenvalue weighted by molar-refractivity contribution is 9.10. The molecule has 2 nitrogen and oxygen atoms in total. The van der Waals surface area contributed by atoms with Crippen molar-refractivity contribution < 1.29 is 0 Å². The highest BCUT2D eigenvalue weighted by atomic mass is 79.9. The van der Waals surface area contributed by atoms with Crippen molar-refractivity contribution in [3.8, 4) is 0 Å². The lowest BCUT2D eigenvalue weighted by Crippen LogP contribution is -2.17. The Balaban J connectivity index is 3.39. The molecule has 3 heteroatoms. The van der Waals surface area contributed by atoms with Crippen LogP contribution in [0.3, 0.4) is 0 Å². The predicted molar refractivity (Wildman–Crippen MR) is 58.5 cm³/mol. The van der Waals surface area contributed by atoms with Crippen LogP contribution in [0.15, 0.2) is 46.3 Å². The SMILES string of the molecule is C=C/C(=C\C)n1cccc(Br)c1=O. The molecule has 0 atom stereocenters. The van der Waals surface area contributed by atoms with Crippen LogP contribution in [0.2, 0.25) is 0 Å². The minimum atomic E-state index is -0.0736. The van der Waals surface area contributed by atoms with Crippen molar-refractivity contribution in [3.63, 3.8) is 0 Å². The van der Waals surface area contributed by atoms with E-state index in [0.29, 0.717) is 4.47 Å². The van der Waals surface area contributed by atoms with Crippen LogP contribution in [-0.2, 0) is 0 Å². The van der Waals surface area contributed by atoms with Crippen LogP contribution in [0.5, 0.6) is 0 Å². The first-order valence-corrected chi connectivity index (χ1v) is 4.66. The Morgan fingerprint density at radius 1 is 1.69 bits per heavy atom. The molecule has 13 heavy (non-hydrogen) atoms. The Bertz CT molecular complexity index is 404. The average Bonchev–Trinajstić information content (AvgIpc) is 2.14. The smallest absolute Gasteiger partial charge is 0.269 e. The fraction of sp³-hybridized carbons (Fsp3) is 0.100. The third-order valence-electron chi connectivity index (χ3n) is 1.68. The van der Waals surface area contributed by atoms with Gasteiger partial charge in [-0.2, -0.15) is 0 Å². The van der Waals surface area contributed by atoms with Crippen LogP contribution in [0.4, 0.5) is 0 Å². The summed E-state index contributed by atoms with van der Waals surface area (Å²) >= 11 is 3.18. The largest absolute Gasteiger partial charge is 0.284 e. The Morgan fingerprint density at radius 3 is 2.92 bits per heavy atom. The van der Waals surface area contributed by atoms with Crippen LogP contribution in [0.25, 0.3) is 5.70 Å². The second-order valence-electron chi connectivity index (χ2n) is 2.45. The molecular weight excluding hydrogens is 230 g/mol. The summed E-state index contributed by atoms with van der Waals surface area (Å²) in [6.07, 6.45) is 5.19. The van der Waals surface area contributed by atoms with Gasteiger partial charge in [-0.25, -0.2) is 0 Å². The number of allylic oxidation sites excluding steroid dienone is 3. The topological polar surface area (TPSA) is 22.0 Å². The first kappa shape index (κ1) is 9.99. The van der Waals surface area contributed by atoms with Gasteiger partial charge in [-0.15, -0.1) is 0 Å². The van der Waals surface area contributed by atoms with Crippen LogP contribution < -0.4 is 5.56 Å². The van der Waals surface area contributed by atoms with Crippen molar-refractivity contribution in [2.45, 2.75) is 6.92 Å². The van der Waals surface area contributed by atoms with Crippen molar-refractivity contribution in [3.05, 3.63) is 51.9 Å². The molecule has 1 heterocycles. The van der Waals surface area contributed by atoms with E-state index in [-0.39, 0.29) is 5.56 Å². The molecule has 0 amide bonds. The van der Waals surface area contributed by atoms with Crippen molar-refractivity contribution in [2.24, 2.45) is 0 Å². The molecule has 1 aromatic rings. The molecule has 0 saturated carbocycles. The van der Waals surface area contributed by atoms with Crippen molar-refractivity contribution >= 4 is 21.6 Å². The molecule has 0 aromatic carbocycles. The van der Waals surface area contributed by atoms with Crippen LogP contribution in [-0.4, -0.2) is 4.57 Å². The number of rotatable bonds is 2. The van der Waals surface area contributed by atoms with E-state index in [0.717, 1.165) is 5.70 Å². The predicted octanol–water partition coefficient (Wildman–Crippen LogP) is 2.66. The van der Waals surface area contributed by atoms with Gasteiger partial charge in [-0.1, -0.05) is 12.7 Å². The highest BCUT2D eigenvalue weighted by Crippen LogP contribution is 2.06. The van der Waals surface area contributed by atoms with E-state index in [4.69, 9.17) is 0 Å². The summed E-state index contributed by atoms with van der Waals surface area (Å²) in [7, 11) is 0. The van der Waals surface area contributed by atoms with Gasteiger partial charge in [0.05, 0.1) is 4.47 Å². The normalized spacial score (nSPS) is 11.4. The summed E-state index contributed by atoms with van der Waals surface area (Å²) in [5, 5.41) is 0. The highest BCUT2D eigenvalue weighted by Gasteiger charge is 2.00. The van der Waals surface area contributed by atoms with Gasteiger partial charge in [-0.3, -0.25) is 9.36 Å². The van der Waals surface area contributed by atoms with Gasteiger partial charge in [-0.05, 0) is 41.1 Å². The maximum absolute atomic E-state index is 11.6. The Labute approximate surface area is 85.3 Å². The zero-order chi connectivity index (χ0) is 9.84. The third kappa shape index (κ3) is 1.98. The lowest BCUT2D eigenvalue weighted by Gasteiger charge is -2.05. The standard InChI is InChI=1S/C10H10BrNO/c1-3-8(4-2)12-7-5-6-9(11)10(12)13/h3-7H,1H2,2H3/b8-4+. The summed E-state index contributed by atoms with van der Waals surface area (Å²) in [5.74, 6) is 0. The molecular formula is C10H10BrNO. The van der Waals surface area contributed by atoms with E-state index in [1.807, 2.05) is 13.0 Å². The van der Waals surface area contributed by atoms with E-state index in [2.05, 4.69) is 22.5 Å². The molecule has 0 bridgehead atoms. The summed E-state index contributed by atoms with van der Waals surface area (Å²) in [6.45, 7) is 5.50. The van der Waals surface area contributed by atoms with Crippen molar-refractivity contribution in [1.29, 1.82) is 0 Å². The van der Waals surface area contributed by atoms with Gasteiger partial charge >= 0.3 is 0 Å². The van der Waals surface area contributed by atoms with Gasteiger partial charge in [0.15, 0.2) is 0 Å². The van der Waals surface area contributed by atoms with Gasteiger partial charge in [0, 0.05) is 11.9 Å². The number of hydrogen-bond acceptors (Lipinski definition) is 1. The molecule has 68 valence electrons. The second-order valence-corrected chi connectivity index (χ2v) is 3.30. The molecule has 0 N–H and O–H groups in total. The molecule has 0 spiro atoms. The lowest BCUT2D eigenvalue weighted by atomic mass is 10.3. The maximum atomic E-state index is 11.6. The summed E-state index contributed by atoms with van der Waals surface area (Å²) in [4.78, 5) is 11.6. The maximum Gasteiger partial charge on any atom is 0.269 e. The molecule has 0 aliphatic carbocycles. The van der Waals surface area contributed by atoms with E-state index in [1.165, 1.54) is 4.57 Å². The van der Waals surface area contributed by atoms with Gasteiger partial charge in [0.2, 0.25) is 0 Å². The summed E-state index contributed by atoms with van der Waals surface area (Å²) in [6, 6.07) is 3.52. The zero-order valence-corrected chi connectivity index (χ0v) is 8.91. The van der Waals surface area contributed by atoms with Gasteiger partial charge in [0.25, 0.3) is 5.56 Å². The first-order chi connectivity index (χ1) is 6.20. The Hall–Kier alpha value is -1.09. The quantitative estimate of drug-likeness (QED) is 0.728. The Kier molecular flexibility index (Phi) is 3.25. The van der Waals surface area contributed by atoms with E-state index >= 15 is 0 Å². The minimum absolute atomic E-state index is 0.0736. The number of pyridine rings is 1. The molecule has 0 saturated heterocycles. The fourth-order valence-corrected chi connectivity index (χ4v) is 1.37. The number of nitrogens with zero attached hydrogens (tertiary/aromatic N) is 1. The molecule has 0 aliphatic heterocycles. The fourth-order valence-electron chi connectivity index (χ4n) is 1.03. The summed E-state index contributed by atoms with van der Waals surface area (Å²) in [5.41, 5.74) is 0.710. The molecule has 0 unspecified atom stereocenters. The van der Waals surface area contributed by atoms with E-state index in [9.17, 15) is 4.79 Å². The van der Waals surface area contributed by atoms with E-state index in [1.54, 1.807) is 24.4 Å². The molecule has 0 fully saturated rings. The van der Waals surface area contributed by atoms with Gasteiger partial charge in [0.1, 0.15) is 0 Å². The molecule has 0 radical (unpaired) electrons. The third-order valence-corrected chi connectivity index (χ3v) is 2.29. The average molecular weight is 240 g/mol. The van der Waals surface area contributed by atoms with Crippen molar-refractivity contribution in [1.82, 2.24) is 4.57 Å². The molecule has 1 rings (SSSR count). The van der Waals surface area contributed by atoms with Crippen LogP contribution in [0, 0.1) is 0 Å². The van der Waals surface area contributed by atoms with E-state index < -0.39 is 0 Å². The zero-order valence-electron chi connectivity index (χ0n) is 7.33. The summed E-state index contributed by atoms with van der Waals surface area (Å²) < 4.78 is 2.09. The minimum Gasteiger partial charge on any atom is -0.284 e.